The Morgan fingerprint density at radius 1 is 1.00 bits per heavy atom. The lowest BCUT2D eigenvalue weighted by Crippen LogP contribution is -2.48. The number of amides is 2. The van der Waals surface area contributed by atoms with Crippen molar-refractivity contribution in [3.8, 4) is 0 Å². The highest BCUT2D eigenvalue weighted by Gasteiger charge is 2.23. The van der Waals surface area contributed by atoms with Gasteiger partial charge in [0.15, 0.2) is 0 Å². The summed E-state index contributed by atoms with van der Waals surface area (Å²) in [6.07, 6.45) is 1.40. The summed E-state index contributed by atoms with van der Waals surface area (Å²) in [7, 11) is 0. The minimum atomic E-state index is -0.877. The molecule has 174 valence electrons. The molecule has 0 fully saturated rings. The Morgan fingerprint density at radius 3 is 2.56 bits per heavy atom. The Bertz CT molecular complexity index is 1290. The first kappa shape index (κ1) is 23.0. The highest BCUT2D eigenvalue weighted by Crippen LogP contribution is 2.19. The summed E-state index contributed by atoms with van der Waals surface area (Å²) in [6, 6.07) is 21.0. The Hall–Kier alpha value is -4.13. The number of carbonyl (C=O) groups excluding carboxylic acids is 2. The van der Waals surface area contributed by atoms with Crippen molar-refractivity contribution in [1.82, 2.24) is 15.6 Å². The summed E-state index contributed by atoms with van der Waals surface area (Å²) in [6.45, 7) is 1.91. The number of para-hydroxylation sites is 1. The van der Waals surface area contributed by atoms with Gasteiger partial charge in [0.1, 0.15) is 18.5 Å². The normalized spacial score (nSPS) is 11.7. The van der Waals surface area contributed by atoms with E-state index in [1.54, 1.807) is 19.1 Å². The quantitative estimate of drug-likeness (QED) is 0.355. The lowest BCUT2D eigenvalue weighted by atomic mass is 10.0. The summed E-state index contributed by atoms with van der Waals surface area (Å²) in [5, 5.41) is 6.46. The van der Waals surface area contributed by atoms with Crippen LogP contribution in [0.5, 0.6) is 0 Å². The number of benzene rings is 3. The molecule has 0 bridgehead atoms. The summed E-state index contributed by atoms with van der Waals surface area (Å²) in [4.78, 5) is 28.7. The van der Waals surface area contributed by atoms with E-state index in [1.165, 1.54) is 6.07 Å². The number of nitrogens with one attached hydrogen (secondary N) is 3. The van der Waals surface area contributed by atoms with E-state index in [0.717, 1.165) is 22.0 Å². The van der Waals surface area contributed by atoms with Gasteiger partial charge in [-0.1, -0.05) is 60.7 Å². The van der Waals surface area contributed by atoms with Crippen LogP contribution in [-0.2, 0) is 29.1 Å². The lowest BCUT2D eigenvalue weighted by Gasteiger charge is -2.18. The lowest BCUT2D eigenvalue weighted by molar-refractivity contribution is -0.123. The molecule has 2 amide bonds. The molecule has 4 aromatic rings. The number of alkyl carbamates (subject to hydrolysis) is 1. The number of H-pyrrole nitrogens is 1. The highest BCUT2D eigenvalue weighted by atomic mass is 19.1. The first-order valence-electron chi connectivity index (χ1n) is 11.0. The van der Waals surface area contributed by atoms with Gasteiger partial charge in [-0.3, -0.25) is 4.79 Å². The van der Waals surface area contributed by atoms with E-state index in [4.69, 9.17) is 4.74 Å². The first-order valence-corrected chi connectivity index (χ1v) is 11.0. The smallest absolute Gasteiger partial charge is 0.408 e. The predicted molar refractivity (Wildman–Crippen MR) is 129 cm³/mol. The number of halogens is 1. The van der Waals surface area contributed by atoms with Crippen molar-refractivity contribution >= 4 is 22.9 Å². The van der Waals surface area contributed by atoms with E-state index in [0.29, 0.717) is 11.1 Å². The maximum Gasteiger partial charge on any atom is 0.408 e. The molecule has 7 heteroatoms. The van der Waals surface area contributed by atoms with Crippen LogP contribution >= 0.6 is 0 Å². The maximum absolute atomic E-state index is 13.9. The molecule has 0 aliphatic rings. The molecule has 1 heterocycles. The van der Waals surface area contributed by atoms with Gasteiger partial charge in [-0.15, -0.1) is 0 Å². The molecule has 0 saturated carbocycles. The molecule has 0 unspecified atom stereocenters. The van der Waals surface area contributed by atoms with E-state index in [-0.39, 0.29) is 31.3 Å². The van der Waals surface area contributed by atoms with Gasteiger partial charge in [0.05, 0.1) is 0 Å². The van der Waals surface area contributed by atoms with Gasteiger partial charge >= 0.3 is 6.09 Å². The van der Waals surface area contributed by atoms with Gasteiger partial charge in [-0.05, 0) is 41.3 Å². The molecule has 3 N–H and O–H groups in total. The van der Waals surface area contributed by atoms with Crippen molar-refractivity contribution in [1.29, 1.82) is 0 Å². The van der Waals surface area contributed by atoms with E-state index in [2.05, 4.69) is 15.6 Å². The number of aryl methyl sites for hydroxylation is 1. The number of aromatic nitrogens is 1. The van der Waals surface area contributed by atoms with E-state index in [9.17, 15) is 14.0 Å². The van der Waals surface area contributed by atoms with E-state index < -0.39 is 12.1 Å². The Morgan fingerprint density at radius 2 is 1.76 bits per heavy atom. The molecule has 0 spiro atoms. The first-order chi connectivity index (χ1) is 16.5. The van der Waals surface area contributed by atoms with Crippen molar-refractivity contribution in [2.75, 3.05) is 0 Å². The van der Waals surface area contributed by atoms with Crippen LogP contribution in [0.4, 0.5) is 9.18 Å². The number of ether oxygens (including phenoxy) is 1. The van der Waals surface area contributed by atoms with E-state index >= 15 is 0 Å². The fourth-order valence-electron chi connectivity index (χ4n) is 3.70. The second-order valence-electron chi connectivity index (χ2n) is 8.12. The Labute approximate surface area is 197 Å². The minimum absolute atomic E-state index is 0.0940. The van der Waals surface area contributed by atoms with Crippen LogP contribution in [0.2, 0.25) is 0 Å². The molecule has 6 nitrogen and oxygen atoms in total. The summed E-state index contributed by atoms with van der Waals surface area (Å²) >= 11 is 0. The highest BCUT2D eigenvalue weighted by molar-refractivity contribution is 5.88. The molecular weight excluding hydrogens is 433 g/mol. The molecule has 0 aliphatic heterocycles. The van der Waals surface area contributed by atoms with Crippen molar-refractivity contribution in [2.24, 2.45) is 0 Å². The largest absolute Gasteiger partial charge is 0.445 e. The van der Waals surface area contributed by atoms with Crippen molar-refractivity contribution < 1.29 is 18.7 Å². The number of carbonyl (C=O) groups is 2. The van der Waals surface area contributed by atoms with Gasteiger partial charge in [0, 0.05) is 30.1 Å². The van der Waals surface area contributed by atoms with Crippen LogP contribution in [0.25, 0.3) is 10.9 Å². The van der Waals surface area contributed by atoms with Crippen LogP contribution in [0.3, 0.4) is 0 Å². The number of rotatable bonds is 8. The molecule has 0 aliphatic carbocycles. The summed E-state index contributed by atoms with van der Waals surface area (Å²) in [5.74, 6) is -0.715. The van der Waals surface area contributed by atoms with Crippen LogP contribution in [0.15, 0.2) is 79.0 Å². The standard InChI is InChI=1S/C27H26FN3O3/c1-18-11-12-20(13-23(18)28)15-30-26(32)25(14-21-16-29-24-10-6-5-9-22(21)24)31-27(33)34-17-19-7-3-2-4-8-19/h2-13,16,25,29H,14-15,17H2,1H3,(H,30,32)(H,31,33)/t25-/m0/s1. The third-order valence-electron chi connectivity index (χ3n) is 5.62. The fraction of sp³-hybridized carbons (Fsp3) is 0.185. The predicted octanol–water partition coefficient (Wildman–Crippen LogP) is 4.77. The fourth-order valence-corrected chi connectivity index (χ4v) is 3.70. The molecule has 0 radical (unpaired) electrons. The van der Waals surface area contributed by atoms with Crippen LogP contribution in [0, 0.1) is 12.7 Å². The third kappa shape index (κ3) is 5.81. The molecule has 0 saturated heterocycles. The van der Waals surface area contributed by atoms with Crippen molar-refractivity contribution in [2.45, 2.75) is 32.5 Å². The van der Waals surface area contributed by atoms with Crippen LogP contribution in [0.1, 0.15) is 22.3 Å². The topological polar surface area (TPSA) is 83.2 Å². The second-order valence-corrected chi connectivity index (χ2v) is 8.12. The maximum atomic E-state index is 13.9. The van der Waals surface area contributed by atoms with Gasteiger partial charge in [-0.25, -0.2) is 9.18 Å². The molecule has 3 aromatic carbocycles. The molecule has 4 rings (SSSR count). The van der Waals surface area contributed by atoms with E-state index in [1.807, 2.05) is 60.8 Å². The zero-order valence-electron chi connectivity index (χ0n) is 18.8. The summed E-state index contributed by atoms with van der Waals surface area (Å²) < 4.78 is 19.2. The van der Waals surface area contributed by atoms with Crippen molar-refractivity contribution in [3.05, 3.63) is 107 Å². The SMILES string of the molecule is Cc1ccc(CNC(=O)[C@H](Cc2c[nH]c3ccccc23)NC(=O)OCc2ccccc2)cc1F. The monoisotopic (exact) mass is 459 g/mol. The molecule has 34 heavy (non-hydrogen) atoms. The van der Waals surface area contributed by atoms with Crippen LogP contribution in [-0.4, -0.2) is 23.0 Å². The number of aromatic amines is 1. The Kier molecular flexibility index (Phi) is 7.22. The molecule has 1 aromatic heterocycles. The molecule has 1 atom stereocenters. The van der Waals surface area contributed by atoms with Gasteiger partial charge < -0.3 is 20.4 Å². The third-order valence-corrected chi connectivity index (χ3v) is 5.62. The average Bonchev–Trinajstić information content (AvgIpc) is 3.26. The number of hydrogen-bond donors (Lipinski definition) is 3. The zero-order valence-corrected chi connectivity index (χ0v) is 18.8. The van der Waals surface area contributed by atoms with Gasteiger partial charge in [0.2, 0.25) is 5.91 Å². The number of fused-ring (bicyclic) bond motifs is 1. The number of hydrogen-bond acceptors (Lipinski definition) is 3. The van der Waals surface area contributed by atoms with Crippen LogP contribution < -0.4 is 10.6 Å². The zero-order chi connectivity index (χ0) is 23.9. The Balaban J connectivity index is 1.46. The minimum Gasteiger partial charge on any atom is -0.445 e. The molecular formula is C27H26FN3O3. The average molecular weight is 460 g/mol. The van der Waals surface area contributed by atoms with Crippen molar-refractivity contribution in [3.63, 3.8) is 0 Å². The van der Waals surface area contributed by atoms with Gasteiger partial charge in [-0.2, -0.15) is 0 Å². The summed E-state index contributed by atoms with van der Waals surface area (Å²) in [5.41, 5.74) is 3.85. The second kappa shape index (κ2) is 10.7. The van der Waals surface area contributed by atoms with Gasteiger partial charge in [0.25, 0.3) is 0 Å².